The van der Waals surface area contributed by atoms with Gasteiger partial charge < -0.3 is 16.0 Å². The van der Waals surface area contributed by atoms with E-state index in [9.17, 15) is 4.79 Å². The number of likely N-dealkylation sites (tertiary alicyclic amines) is 1. The first kappa shape index (κ1) is 19.6. The minimum Gasteiger partial charge on any atom is -0.348 e. The van der Waals surface area contributed by atoms with Crippen LogP contribution >= 0.6 is 36.2 Å². The number of hydrogen-bond acceptors (Lipinski definition) is 5. The van der Waals surface area contributed by atoms with Gasteiger partial charge in [-0.1, -0.05) is 0 Å². The SMILES string of the molecule is CN1CCC(NC(=O)c2csc(CCN)n2)CC1.Cl.Cl. The summed E-state index contributed by atoms with van der Waals surface area (Å²) in [5.41, 5.74) is 6.00. The van der Waals surface area contributed by atoms with Gasteiger partial charge in [-0.15, -0.1) is 36.2 Å². The molecule has 3 N–H and O–H groups in total. The fourth-order valence-corrected chi connectivity index (χ4v) is 2.86. The Kier molecular flexibility index (Phi) is 9.33. The summed E-state index contributed by atoms with van der Waals surface area (Å²) in [6, 6.07) is 0.286. The highest BCUT2D eigenvalue weighted by molar-refractivity contribution is 7.09. The number of nitrogens with one attached hydrogen (secondary N) is 1. The summed E-state index contributed by atoms with van der Waals surface area (Å²) < 4.78 is 0. The Labute approximate surface area is 136 Å². The Morgan fingerprint density at radius 2 is 2.15 bits per heavy atom. The van der Waals surface area contributed by atoms with E-state index in [1.54, 1.807) is 0 Å². The van der Waals surface area contributed by atoms with E-state index in [1.807, 2.05) is 5.38 Å². The molecule has 20 heavy (non-hydrogen) atoms. The van der Waals surface area contributed by atoms with Gasteiger partial charge in [-0.2, -0.15) is 0 Å². The highest BCUT2D eigenvalue weighted by Crippen LogP contribution is 2.12. The fourth-order valence-electron chi connectivity index (χ4n) is 2.07. The van der Waals surface area contributed by atoms with Crippen LogP contribution in [0.1, 0.15) is 28.3 Å². The van der Waals surface area contributed by atoms with Gasteiger partial charge in [0.15, 0.2) is 0 Å². The van der Waals surface area contributed by atoms with Crippen LogP contribution in [0.4, 0.5) is 0 Å². The number of piperidine rings is 1. The van der Waals surface area contributed by atoms with Crippen LogP contribution in [0.25, 0.3) is 0 Å². The van der Waals surface area contributed by atoms with Gasteiger partial charge in [0.25, 0.3) is 5.91 Å². The second kappa shape index (κ2) is 9.52. The van der Waals surface area contributed by atoms with Crippen LogP contribution in [0, 0.1) is 0 Å². The molecule has 2 heterocycles. The van der Waals surface area contributed by atoms with Crippen molar-refractivity contribution in [2.45, 2.75) is 25.3 Å². The predicted molar refractivity (Wildman–Crippen MR) is 87.4 cm³/mol. The molecule has 1 saturated heterocycles. The number of aromatic nitrogens is 1. The minimum absolute atomic E-state index is 0. The molecule has 0 aliphatic carbocycles. The molecule has 0 saturated carbocycles. The molecule has 0 spiro atoms. The van der Waals surface area contributed by atoms with E-state index in [0.29, 0.717) is 12.2 Å². The molecule has 8 heteroatoms. The van der Waals surface area contributed by atoms with E-state index in [-0.39, 0.29) is 36.8 Å². The summed E-state index contributed by atoms with van der Waals surface area (Å²) in [4.78, 5) is 18.6. The number of halogens is 2. The third kappa shape index (κ3) is 5.54. The van der Waals surface area contributed by atoms with Gasteiger partial charge in [0.05, 0.1) is 5.01 Å². The van der Waals surface area contributed by atoms with Crippen molar-refractivity contribution in [3.8, 4) is 0 Å². The number of amides is 1. The van der Waals surface area contributed by atoms with Gasteiger partial charge >= 0.3 is 0 Å². The van der Waals surface area contributed by atoms with Crippen LogP contribution in [0.5, 0.6) is 0 Å². The Hall–Kier alpha value is -0.400. The standard InChI is InChI=1S/C12H20N4OS.2ClH/c1-16-6-3-9(4-7-16)14-12(17)10-8-18-11(15-10)2-5-13;;/h8-9H,2-7,13H2,1H3,(H,14,17);2*1H. The monoisotopic (exact) mass is 340 g/mol. The number of thiazole rings is 1. The van der Waals surface area contributed by atoms with E-state index >= 15 is 0 Å². The van der Waals surface area contributed by atoms with Crippen LogP contribution in [0.2, 0.25) is 0 Å². The third-order valence-electron chi connectivity index (χ3n) is 3.20. The van der Waals surface area contributed by atoms with E-state index < -0.39 is 0 Å². The van der Waals surface area contributed by atoms with Gasteiger partial charge in [0.1, 0.15) is 5.69 Å². The number of nitrogens with zero attached hydrogens (tertiary/aromatic N) is 2. The average molecular weight is 341 g/mol. The number of carbonyl (C=O) groups excluding carboxylic acids is 1. The summed E-state index contributed by atoms with van der Waals surface area (Å²) in [7, 11) is 2.11. The van der Waals surface area contributed by atoms with Crippen molar-refractivity contribution in [2.75, 3.05) is 26.7 Å². The topological polar surface area (TPSA) is 71.2 Å². The van der Waals surface area contributed by atoms with Crippen molar-refractivity contribution in [1.29, 1.82) is 0 Å². The molecular formula is C12H22Cl2N4OS. The summed E-state index contributed by atoms with van der Waals surface area (Å²) in [5, 5.41) is 5.81. The molecule has 0 atom stereocenters. The van der Waals surface area contributed by atoms with E-state index in [1.165, 1.54) is 11.3 Å². The molecule has 1 aromatic heterocycles. The van der Waals surface area contributed by atoms with Gasteiger partial charge in [0.2, 0.25) is 0 Å². The molecule has 0 radical (unpaired) electrons. The maximum Gasteiger partial charge on any atom is 0.270 e. The number of carbonyl (C=O) groups is 1. The number of rotatable bonds is 4. The zero-order valence-corrected chi connectivity index (χ0v) is 14.0. The summed E-state index contributed by atoms with van der Waals surface area (Å²) in [6.45, 7) is 2.66. The van der Waals surface area contributed by atoms with Crippen molar-refractivity contribution < 1.29 is 4.79 Å². The summed E-state index contributed by atoms with van der Waals surface area (Å²) in [5.74, 6) is -0.0518. The molecule has 1 fully saturated rings. The lowest BCUT2D eigenvalue weighted by Crippen LogP contribution is -2.43. The van der Waals surface area contributed by atoms with E-state index in [0.717, 1.165) is 37.4 Å². The zero-order chi connectivity index (χ0) is 13.0. The van der Waals surface area contributed by atoms with Crippen LogP contribution < -0.4 is 11.1 Å². The normalized spacial score (nSPS) is 16.1. The Morgan fingerprint density at radius 3 is 2.75 bits per heavy atom. The molecular weight excluding hydrogens is 319 g/mol. The van der Waals surface area contributed by atoms with E-state index in [4.69, 9.17) is 5.73 Å². The van der Waals surface area contributed by atoms with Crippen molar-refractivity contribution in [3.05, 3.63) is 16.1 Å². The summed E-state index contributed by atoms with van der Waals surface area (Å²) in [6.07, 6.45) is 2.77. The third-order valence-corrected chi connectivity index (χ3v) is 4.10. The van der Waals surface area contributed by atoms with Gasteiger partial charge in [-0.25, -0.2) is 4.98 Å². The summed E-state index contributed by atoms with van der Waals surface area (Å²) >= 11 is 1.50. The Morgan fingerprint density at radius 1 is 1.50 bits per heavy atom. The van der Waals surface area contributed by atoms with Crippen LogP contribution in [-0.4, -0.2) is 48.5 Å². The van der Waals surface area contributed by atoms with Crippen molar-refractivity contribution in [2.24, 2.45) is 5.73 Å². The first-order valence-electron chi connectivity index (χ1n) is 6.33. The number of hydrogen-bond donors (Lipinski definition) is 2. The molecule has 2 rings (SSSR count). The maximum absolute atomic E-state index is 12.0. The lowest BCUT2D eigenvalue weighted by Gasteiger charge is -2.29. The number of nitrogens with two attached hydrogens (primary N) is 1. The first-order chi connectivity index (χ1) is 8.69. The van der Waals surface area contributed by atoms with Crippen LogP contribution in [-0.2, 0) is 6.42 Å². The van der Waals surface area contributed by atoms with Crippen molar-refractivity contribution in [3.63, 3.8) is 0 Å². The molecule has 1 aromatic rings. The lowest BCUT2D eigenvalue weighted by molar-refractivity contribution is 0.0912. The molecule has 0 bridgehead atoms. The van der Waals surface area contributed by atoms with Crippen molar-refractivity contribution >= 4 is 42.1 Å². The zero-order valence-electron chi connectivity index (χ0n) is 11.5. The molecule has 0 aromatic carbocycles. The lowest BCUT2D eigenvalue weighted by atomic mass is 10.1. The first-order valence-corrected chi connectivity index (χ1v) is 7.21. The largest absolute Gasteiger partial charge is 0.348 e. The molecule has 0 unspecified atom stereocenters. The predicted octanol–water partition coefficient (Wildman–Crippen LogP) is 1.31. The van der Waals surface area contributed by atoms with Crippen LogP contribution in [0.15, 0.2) is 5.38 Å². The Bertz CT molecular complexity index is 408. The quantitative estimate of drug-likeness (QED) is 0.866. The smallest absolute Gasteiger partial charge is 0.270 e. The van der Waals surface area contributed by atoms with Gasteiger partial charge in [-0.3, -0.25) is 4.79 Å². The second-order valence-electron chi connectivity index (χ2n) is 4.72. The molecule has 1 aliphatic rings. The Balaban J connectivity index is 0.00000180. The van der Waals surface area contributed by atoms with Gasteiger partial charge in [-0.05, 0) is 39.5 Å². The van der Waals surface area contributed by atoms with E-state index in [2.05, 4.69) is 22.2 Å². The molecule has 5 nitrogen and oxygen atoms in total. The fraction of sp³-hybridized carbons (Fsp3) is 0.667. The highest BCUT2D eigenvalue weighted by atomic mass is 35.5. The second-order valence-corrected chi connectivity index (χ2v) is 5.66. The van der Waals surface area contributed by atoms with Gasteiger partial charge in [0, 0.05) is 17.8 Å². The molecule has 1 aliphatic heterocycles. The minimum atomic E-state index is -0.0518. The van der Waals surface area contributed by atoms with Crippen molar-refractivity contribution in [1.82, 2.24) is 15.2 Å². The maximum atomic E-state index is 12.0. The molecule has 1 amide bonds. The average Bonchev–Trinajstić information content (AvgIpc) is 2.81. The molecule has 116 valence electrons. The van der Waals surface area contributed by atoms with Crippen LogP contribution in [0.3, 0.4) is 0 Å². The highest BCUT2D eigenvalue weighted by Gasteiger charge is 2.20.